The van der Waals surface area contributed by atoms with Gasteiger partial charge in [0.1, 0.15) is 0 Å². The molecule has 0 aromatic heterocycles. The minimum Gasteiger partial charge on any atom is -0.387 e. The Hall–Kier alpha value is -0.570. The van der Waals surface area contributed by atoms with Gasteiger partial charge < -0.3 is 10.5 Å². The Morgan fingerprint density at radius 2 is 2.00 bits per heavy atom. The normalized spacial score (nSPS) is 13.9. The maximum atomic E-state index is 7.42. The summed E-state index contributed by atoms with van der Waals surface area (Å²) in [5.74, 6) is 0.283. The molecule has 3 heteroatoms. The summed E-state index contributed by atoms with van der Waals surface area (Å²) >= 11 is 0. The highest BCUT2D eigenvalue weighted by Gasteiger charge is 2.20. The van der Waals surface area contributed by atoms with Crippen LogP contribution in [0, 0.1) is 10.8 Å². The first-order valence-corrected chi connectivity index (χ1v) is 5.86. The Labute approximate surface area is 93.9 Å². The Bertz CT molecular complexity index is 190. The van der Waals surface area contributed by atoms with E-state index in [0.29, 0.717) is 6.10 Å². The number of unbranched alkanes of at least 4 members (excludes halogenated alkanes) is 1. The van der Waals surface area contributed by atoms with Crippen LogP contribution in [0.1, 0.15) is 53.4 Å². The molecule has 0 spiro atoms. The SMILES string of the molecule is CCC(C)OCCCCC(C)(C)C(=N)N. The van der Waals surface area contributed by atoms with Gasteiger partial charge in [-0.1, -0.05) is 27.2 Å². The second-order valence-corrected chi connectivity index (χ2v) is 4.84. The van der Waals surface area contributed by atoms with Gasteiger partial charge in [0, 0.05) is 12.0 Å². The first-order chi connectivity index (χ1) is 6.90. The lowest BCUT2D eigenvalue weighted by Crippen LogP contribution is -2.30. The minimum atomic E-state index is -0.156. The van der Waals surface area contributed by atoms with Gasteiger partial charge in [-0.3, -0.25) is 5.41 Å². The quantitative estimate of drug-likeness (QED) is 0.371. The summed E-state index contributed by atoms with van der Waals surface area (Å²) < 4.78 is 5.58. The smallest absolute Gasteiger partial charge is 0.0963 e. The van der Waals surface area contributed by atoms with Gasteiger partial charge in [-0.25, -0.2) is 0 Å². The van der Waals surface area contributed by atoms with Crippen LogP contribution in [0.5, 0.6) is 0 Å². The highest BCUT2D eigenvalue weighted by atomic mass is 16.5. The molecule has 0 radical (unpaired) electrons. The van der Waals surface area contributed by atoms with Crippen LogP contribution in [-0.4, -0.2) is 18.5 Å². The van der Waals surface area contributed by atoms with Crippen LogP contribution in [-0.2, 0) is 4.74 Å². The lowest BCUT2D eigenvalue weighted by Gasteiger charge is -2.22. The minimum absolute atomic E-state index is 0.156. The van der Waals surface area contributed by atoms with Crippen molar-refractivity contribution in [2.45, 2.75) is 59.5 Å². The lowest BCUT2D eigenvalue weighted by molar-refractivity contribution is 0.0601. The van der Waals surface area contributed by atoms with Crippen LogP contribution < -0.4 is 5.73 Å². The van der Waals surface area contributed by atoms with Crippen molar-refractivity contribution in [1.82, 2.24) is 0 Å². The van der Waals surface area contributed by atoms with E-state index >= 15 is 0 Å². The zero-order valence-electron chi connectivity index (χ0n) is 10.6. The number of hydrogen-bond acceptors (Lipinski definition) is 2. The van der Waals surface area contributed by atoms with Crippen molar-refractivity contribution in [3.63, 3.8) is 0 Å². The van der Waals surface area contributed by atoms with E-state index < -0.39 is 0 Å². The van der Waals surface area contributed by atoms with Gasteiger partial charge in [-0.05, 0) is 26.2 Å². The molecule has 0 aromatic carbocycles. The molecule has 0 aliphatic carbocycles. The summed E-state index contributed by atoms with van der Waals surface area (Å²) in [5.41, 5.74) is 5.35. The fraction of sp³-hybridized carbons (Fsp3) is 0.917. The Kier molecular flexibility index (Phi) is 6.57. The van der Waals surface area contributed by atoms with Crippen molar-refractivity contribution in [3.8, 4) is 0 Å². The first-order valence-electron chi connectivity index (χ1n) is 5.86. The number of amidine groups is 1. The molecule has 0 amide bonds. The van der Waals surface area contributed by atoms with E-state index in [-0.39, 0.29) is 11.3 Å². The summed E-state index contributed by atoms with van der Waals surface area (Å²) in [7, 11) is 0. The third-order valence-electron chi connectivity index (χ3n) is 2.90. The van der Waals surface area contributed by atoms with Crippen LogP contribution in [0.15, 0.2) is 0 Å². The van der Waals surface area contributed by atoms with Crippen molar-refractivity contribution in [3.05, 3.63) is 0 Å². The van der Waals surface area contributed by atoms with Crippen LogP contribution in [0.4, 0.5) is 0 Å². The van der Waals surface area contributed by atoms with Crippen molar-refractivity contribution < 1.29 is 4.74 Å². The second kappa shape index (κ2) is 6.83. The van der Waals surface area contributed by atoms with Gasteiger partial charge in [-0.2, -0.15) is 0 Å². The van der Waals surface area contributed by atoms with E-state index in [9.17, 15) is 0 Å². The fourth-order valence-corrected chi connectivity index (χ4v) is 1.21. The second-order valence-electron chi connectivity index (χ2n) is 4.84. The summed E-state index contributed by atoms with van der Waals surface area (Å²) in [5, 5.41) is 7.42. The van der Waals surface area contributed by atoms with Gasteiger partial charge in [0.25, 0.3) is 0 Å². The molecule has 0 bridgehead atoms. The van der Waals surface area contributed by atoms with Gasteiger partial charge >= 0.3 is 0 Å². The van der Waals surface area contributed by atoms with E-state index in [4.69, 9.17) is 15.9 Å². The molecule has 0 saturated heterocycles. The molecule has 0 saturated carbocycles. The van der Waals surface area contributed by atoms with Gasteiger partial charge in [0.05, 0.1) is 11.9 Å². The molecule has 0 aliphatic rings. The number of rotatable bonds is 8. The van der Waals surface area contributed by atoms with E-state index in [0.717, 1.165) is 32.3 Å². The molecule has 15 heavy (non-hydrogen) atoms. The molecule has 0 aromatic rings. The van der Waals surface area contributed by atoms with E-state index in [1.807, 2.05) is 13.8 Å². The Balaban J connectivity index is 3.51. The maximum absolute atomic E-state index is 7.42. The van der Waals surface area contributed by atoms with Crippen LogP contribution >= 0.6 is 0 Å². The summed E-state index contributed by atoms with van der Waals surface area (Å²) in [6, 6.07) is 0. The highest BCUT2D eigenvalue weighted by Crippen LogP contribution is 2.22. The first kappa shape index (κ1) is 14.4. The Morgan fingerprint density at radius 1 is 1.40 bits per heavy atom. The largest absolute Gasteiger partial charge is 0.387 e. The molecular formula is C12H26N2O. The molecule has 0 fully saturated rings. The standard InChI is InChI=1S/C12H26N2O/c1-5-10(2)15-9-7-6-8-12(3,4)11(13)14/h10H,5-9H2,1-4H3,(H3,13,14). The molecule has 0 heterocycles. The number of ether oxygens (including phenoxy) is 1. The molecule has 1 unspecified atom stereocenters. The van der Waals surface area contributed by atoms with Crippen LogP contribution in [0.3, 0.4) is 0 Å². The van der Waals surface area contributed by atoms with Crippen molar-refractivity contribution in [1.29, 1.82) is 5.41 Å². The molecular weight excluding hydrogens is 188 g/mol. The van der Waals surface area contributed by atoms with Gasteiger partial charge in [-0.15, -0.1) is 0 Å². The molecule has 3 nitrogen and oxygen atoms in total. The number of nitrogens with two attached hydrogens (primary N) is 1. The van der Waals surface area contributed by atoms with Crippen LogP contribution in [0.25, 0.3) is 0 Å². The van der Waals surface area contributed by atoms with E-state index in [1.54, 1.807) is 0 Å². The van der Waals surface area contributed by atoms with Crippen molar-refractivity contribution >= 4 is 5.84 Å². The van der Waals surface area contributed by atoms with Crippen molar-refractivity contribution in [2.24, 2.45) is 11.1 Å². The molecule has 3 N–H and O–H groups in total. The zero-order valence-corrected chi connectivity index (χ0v) is 10.6. The number of nitrogens with one attached hydrogen (secondary N) is 1. The fourth-order valence-electron chi connectivity index (χ4n) is 1.21. The molecule has 0 rings (SSSR count). The predicted octanol–water partition coefficient (Wildman–Crippen LogP) is 2.93. The monoisotopic (exact) mass is 214 g/mol. The summed E-state index contributed by atoms with van der Waals surface area (Å²) in [4.78, 5) is 0. The van der Waals surface area contributed by atoms with E-state index in [2.05, 4.69) is 13.8 Å². The van der Waals surface area contributed by atoms with Crippen LogP contribution in [0.2, 0.25) is 0 Å². The average Bonchev–Trinajstić information content (AvgIpc) is 2.16. The molecule has 0 aliphatic heterocycles. The number of hydrogen-bond donors (Lipinski definition) is 2. The van der Waals surface area contributed by atoms with Gasteiger partial charge in [0.15, 0.2) is 0 Å². The highest BCUT2D eigenvalue weighted by molar-refractivity contribution is 5.82. The van der Waals surface area contributed by atoms with Crippen molar-refractivity contribution in [2.75, 3.05) is 6.61 Å². The lowest BCUT2D eigenvalue weighted by atomic mass is 9.86. The average molecular weight is 214 g/mol. The third-order valence-corrected chi connectivity index (χ3v) is 2.90. The predicted molar refractivity (Wildman–Crippen MR) is 65.3 cm³/mol. The molecule has 1 atom stereocenters. The molecule has 90 valence electrons. The topological polar surface area (TPSA) is 59.1 Å². The Morgan fingerprint density at radius 3 is 2.47 bits per heavy atom. The maximum Gasteiger partial charge on any atom is 0.0963 e. The van der Waals surface area contributed by atoms with Gasteiger partial charge in [0.2, 0.25) is 0 Å². The third kappa shape index (κ3) is 6.50. The summed E-state index contributed by atoms with van der Waals surface area (Å²) in [6.45, 7) is 9.09. The summed E-state index contributed by atoms with van der Waals surface area (Å²) in [6.07, 6.45) is 4.53. The van der Waals surface area contributed by atoms with E-state index in [1.165, 1.54) is 0 Å². The zero-order chi connectivity index (χ0) is 11.9.